The van der Waals surface area contributed by atoms with E-state index in [1.807, 2.05) is 0 Å². The van der Waals surface area contributed by atoms with Gasteiger partial charge < -0.3 is 4.74 Å². The maximum absolute atomic E-state index is 4.90. The van der Waals surface area contributed by atoms with E-state index >= 15 is 0 Å². The molecule has 12 heavy (non-hydrogen) atoms. The maximum atomic E-state index is 4.90. The third-order valence-electron chi connectivity index (χ3n) is 1.35. The maximum Gasteiger partial charge on any atom is 0.318 e. The second kappa shape index (κ2) is 2.95. The molecular formula is C6H4BrN3OS. The predicted octanol–water partition coefficient (Wildman–Crippen LogP) is 1.86. The van der Waals surface area contributed by atoms with Crippen LogP contribution in [0.25, 0.3) is 10.2 Å². The first-order valence-electron chi connectivity index (χ1n) is 3.13. The first-order valence-corrected chi connectivity index (χ1v) is 4.70. The van der Waals surface area contributed by atoms with Gasteiger partial charge in [-0.15, -0.1) is 0 Å². The van der Waals surface area contributed by atoms with Gasteiger partial charge in [-0.05, 0) is 27.5 Å². The van der Waals surface area contributed by atoms with E-state index < -0.39 is 0 Å². The van der Waals surface area contributed by atoms with Gasteiger partial charge in [0.2, 0.25) is 0 Å². The third-order valence-corrected chi connectivity index (χ3v) is 2.65. The zero-order valence-corrected chi connectivity index (χ0v) is 8.52. The molecule has 2 aromatic heterocycles. The van der Waals surface area contributed by atoms with Crippen LogP contribution < -0.4 is 4.74 Å². The zero-order chi connectivity index (χ0) is 8.55. The van der Waals surface area contributed by atoms with Crippen molar-refractivity contribution in [1.29, 1.82) is 0 Å². The average molecular weight is 246 g/mol. The fourth-order valence-corrected chi connectivity index (χ4v) is 2.00. The molecule has 0 aliphatic carbocycles. The lowest BCUT2D eigenvalue weighted by atomic mass is 10.5. The van der Waals surface area contributed by atoms with Gasteiger partial charge in [-0.3, -0.25) is 0 Å². The minimum Gasteiger partial charge on any atom is -0.467 e. The van der Waals surface area contributed by atoms with Gasteiger partial charge in [-0.25, -0.2) is 0 Å². The van der Waals surface area contributed by atoms with Crippen molar-refractivity contribution in [2.75, 3.05) is 7.11 Å². The Morgan fingerprint density at radius 1 is 1.50 bits per heavy atom. The highest BCUT2D eigenvalue weighted by Gasteiger charge is 2.06. The molecule has 0 aromatic carbocycles. The van der Waals surface area contributed by atoms with Crippen molar-refractivity contribution in [3.63, 3.8) is 0 Å². The molecule has 0 atom stereocenters. The normalized spacial score (nSPS) is 10.5. The van der Waals surface area contributed by atoms with Crippen molar-refractivity contribution in [3.05, 3.63) is 10.8 Å². The molecule has 0 N–H and O–H groups in total. The lowest BCUT2D eigenvalue weighted by molar-refractivity contribution is 0.381. The van der Waals surface area contributed by atoms with Gasteiger partial charge in [-0.2, -0.15) is 14.3 Å². The van der Waals surface area contributed by atoms with Crippen LogP contribution in [0.4, 0.5) is 0 Å². The minimum atomic E-state index is 0.360. The summed E-state index contributed by atoms with van der Waals surface area (Å²) in [7, 11) is 1.54. The van der Waals surface area contributed by atoms with Crippen molar-refractivity contribution in [2.45, 2.75) is 0 Å². The first-order chi connectivity index (χ1) is 5.81. The number of halogens is 1. The van der Waals surface area contributed by atoms with E-state index in [1.165, 1.54) is 18.6 Å². The molecule has 2 heterocycles. The Morgan fingerprint density at radius 3 is 3.08 bits per heavy atom. The molecule has 0 spiro atoms. The van der Waals surface area contributed by atoms with E-state index in [4.69, 9.17) is 4.74 Å². The van der Waals surface area contributed by atoms with Gasteiger partial charge in [0.1, 0.15) is 4.60 Å². The van der Waals surface area contributed by atoms with E-state index in [9.17, 15) is 0 Å². The largest absolute Gasteiger partial charge is 0.467 e. The summed E-state index contributed by atoms with van der Waals surface area (Å²) < 4.78 is 9.61. The fourth-order valence-electron chi connectivity index (χ4n) is 0.803. The zero-order valence-electron chi connectivity index (χ0n) is 6.11. The van der Waals surface area contributed by atoms with Gasteiger partial charge >= 0.3 is 6.01 Å². The topological polar surface area (TPSA) is 47.9 Å². The fraction of sp³-hybridized carbons (Fsp3) is 0.167. The number of ether oxygens (including phenoxy) is 1. The molecule has 0 aliphatic heterocycles. The molecule has 0 fully saturated rings. The van der Waals surface area contributed by atoms with Crippen LogP contribution in [-0.2, 0) is 0 Å². The second-order valence-corrected chi connectivity index (χ2v) is 3.58. The molecule has 6 heteroatoms. The van der Waals surface area contributed by atoms with Crippen molar-refractivity contribution in [1.82, 2.24) is 14.3 Å². The SMILES string of the molecule is COc1nc(Br)c2cnsc2n1. The van der Waals surface area contributed by atoms with Crippen LogP contribution in [-0.4, -0.2) is 21.5 Å². The number of fused-ring (bicyclic) bond motifs is 1. The Balaban J connectivity index is 2.75. The van der Waals surface area contributed by atoms with E-state index in [0.717, 1.165) is 14.8 Å². The summed E-state index contributed by atoms with van der Waals surface area (Å²) in [5, 5.41) is 0.917. The van der Waals surface area contributed by atoms with Crippen molar-refractivity contribution in [2.24, 2.45) is 0 Å². The third kappa shape index (κ3) is 1.16. The van der Waals surface area contributed by atoms with Crippen LogP contribution in [0.1, 0.15) is 0 Å². The molecule has 2 rings (SSSR count). The Bertz CT molecular complexity index is 416. The van der Waals surface area contributed by atoms with Gasteiger partial charge in [0.05, 0.1) is 18.7 Å². The van der Waals surface area contributed by atoms with Crippen LogP contribution >= 0.6 is 27.5 Å². The standard InChI is InChI=1S/C6H4BrN3OS/c1-11-6-9-4(7)3-2-8-12-5(3)10-6/h2H,1H3. The van der Waals surface area contributed by atoms with Crippen LogP contribution in [0, 0.1) is 0 Å². The minimum absolute atomic E-state index is 0.360. The molecule has 0 bridgehead atoms. The Hall–Kier alpha value is -0.750. The summed E-state index contributed by atoms with van der Waals surface area (Å²) >= 11 is 4.62. The van der Waals surface area contributed by atoms with Gasteiger partial charge in [0.15, 0.2) is 4.83 Å². The van der Waals surface area contributed by atoms with Crippen LogP contribution in [0.3, 0.4) is 0 Å². The summed E-state index contributed by atoms with van der Waals surface area (Å²) in [4.78, 5) is 8.98. The van der Waals surface area contributed by atoms with E-state index in [2.05, 4.69) is 30.3 Å². The predicted molar refractivity (Wildman–Crippen MR) is 49.5 cm³/mol. The monoisotopic (exact) mass is 245 g/mol. The number of aromatic nitrogens is 3. The highest BCUT2D eigenvalue weighted by molar-refractivity contribution is 9.10. The van der Waals surface area contributed by atoms with Crippen LogP contribution in [0.5, 0.6) is 6.01 Å². The summed E-state index contributed by atoms with van der Waals surface area (Å²) in [6, 6.07) is 0.360. The average Bonchev–Trinajstić information content (AvgIpc) is 2.52. The number of hydrogen-bond donors (Lipinski definition) is 0. The second-order valence-electron chi connectivity index (χ2n) is 2.05. The van der Waals surface area contributed by atoms with Crippen LogP contribution in [0.2, 0.25) is 0 Å². The molecule has 0 aliphatic rings. The van der Waals surface area contributed by atoms with E-state index in [-0.39, 0.29) is 0 Å². The number of hydrogen-bond acceptors (Lipinski definition) is 5. The van der Waals surface area contributed by atoms with Crippen molar-refractivity contribution in [3.8, 4) is 6.01 Å². The summed E-state index contributed by atoms with van der Waals surface area (Å²) in [6.45, 7) is 0. The Morgan fingerprint density at radius 2 is 2.33 bits per heavy atom. The Kier molecular flexibility index (Phi) is 1.93. The summed E-state index contributed by atoms with van der Waals surface area (Å²) in [5.74, 6) is 0. The molecular weight excluding hydrogens is 242 g/mol. The molecule has 0 unspecified atom stereocenters. The number of methoxy groups -OCH3 is 1. The van der Waals surface area contributed by atoms with Gasteiger partial charge in [0.25, 0.3) is 0 Å². The highest BCUT2D eigenvalue weighted by Crippen LogP contribution is 2.24. The molecule has 0 saturated heterocycles. The molecule has 0 radical (unpaired) electrons. The Labute approximate surface area is 80.9 Å². The molecule has 2 aromatic rings. The molecule has 0 saturated carbocycles. The summed E-state index contributed by atoms with van der Waals surface area (Å²) in [5.41, 5.74) is 0. The van der Waals surface area contributed by atoms with Crippen molar-refractivity contribution < 1.29 is 4.74 Å². The van der Waals surface area contributed by atoms with E-state index in [1.54, 1.807) is 6.20 Å². The quantitative estimate of drug-likeness (QED) is 0.720. The van der Waals surface area contributed by atoms with Gasteiger partial charge in [0, 0.05) is 0 Å². The first kappa shape index (κ1) is 7.88. The molecule has 4 nitrogen and oxygen atoms in total. The number of nitrogens with zero attached hydrogens (tertiary/aromatic N) is 3. The smallest absolute Gasteiger partial charge is 0.318 e. The lowest BCUT2D eigenvalue weighted by Gasteiger charge is -1.97. The lowest BCUT2D eigenvalue weighted by Crippen LogP contribution is -1.91. The van der Waals surface area contributed by atoms with Crippen LogP contribution in [0.15, 0.2) is 10.8 Å². The van der Waals surface area contributed by atoms with Gasteiger partial charge in [-0.1, -0.05) is 0 Å². The van der Waals surface area contributed by atoms with E-state index in [0.29, 0.717) is 6.01 Å². The van der Waals surface area contributed by atoms with Crippen molar-refractivity contribution >= 4 is 37.7 Å². The molecule has 0 amide bonds. The highest BCUT2D eigenvalue weighted by atomic mass is 79.9. The summed E-state index contributed by atoms with van der Waals surface area (Å²) in [6.07, 6.45) is 1.73. The number of rotatable bonds is 1. The molecule has 62 valence electrons.